The second-order valence-corrected chi connectivity index (χ2v) is 9.52. The Morgan fingerprint density at radius 1 is 1.14 bits per heavy atom. The first-order chi connectivity index (χ1) is 13.5. The summed E-state index contributed by atoms with van der Waals surface area (Å²) in [5.41, 5.74) is 2.28. The maximum atomic E-state index is 13.6. The molecule has 0 spiro atoms. The summed E-state index contributed by atoms with van der Waals surface area (Å²) in [6, 6.07) is 5.93. The van der Waals surface area contributed by atoms with Crippen molar-refractivity contribution in [2.45, 2.75) is 84.1 Å². The van der Waals surface area contributed by atoms with Crippen LogP contribution in [0.5, 0.6) is 0 Å². The zero-order valence-corrected chi connectivity index (χ0v) is 18.6. The molecule has 2 aliphatic rings. The van der Waals surface area contributed by atoms with E-state index in [1.807, 2.05) is 12.1 Å². The zero-order chi connectivity index (χ0) is 20.1. The molecule has 1 N–H and O–H groups in total. The number of hydrogen-bond acceptors (Lipinski definition) is 2. The molecule has 1 saturated carbocycles. The number of nitrogens with one attached hydrogen (secondary N) is 1. The maximum Gasteiger partial charge on any atom is 0.245 e. The van der Waals surface area contributed by atoms with E-state index in [1.165, 1.54) is 31.2 Å². The van der Waals surface area contributed by atoms with Crippen molar-refractivity contribution in [2.75, 3.05) is 18.4 Å². The van der Waals surface area contributed by atoms with Crippen LogP contribution in [0.4, 0.5) is 5.69 Å². The molecule has 1 aromatic rings. The third-order valence-electron chi connectivity index (χ3n) is 6.84. The van der Waals surface area contributed by atoms with E-state index in [0.29, 0.717) is 17.7 Å². The Labute approximate surface area is 176 Å². The summed E-state index contributed by atoms with van der Waals surface area (Å²) in [5, 5.41) is 4.46. The highest BCUT2D eigenvalue weighted by molar-refractivity contribution is 6.30. The molecule has 156 valence electrons. The number of nitrogens with zero attached hydrogens (tertiary/aromatic N) is 1. The van der Waals surface area contributed by atoms with E-state index in [1.54, 1.807) is 0 Å². The van der Waals surface area contributed by atoms with Crippen LogP contribution in [0.1, 0.15) is 83.6 Å². The quantitative estimate of drug-likeness (QED) is 0.588. The van der Waals surface area contributed by atoms with Crippen LogP contribution < -0.4 is 5.32 Å². The van der Waals surface area contributed by atoms with E-state index in [2.05, 4.69) is 37.1 Å². The predicted molar refractivity (Wildman–Crippen MR) is 119 cm³/mol. The molecule has 0 aromatic heterocycles. The fraction of sp³-hybridized carbons (Fsp3) is 0.708. The third kappa shape index (κ3) is 5.23. The highest BCUT2D eigenvalue weighted by atomic mass is 35.5. The smallest absolute Gasteiger partial charge is 0.245 e. The van der Waals surface area contributed by atoms with Crippen LogP contribution in [0, 0.1) is 11.8 Å². The molecule has 1 aromatic carbocycles. The number of hydrogen-bond donors (Lipinski definition) is 1. The summed E-state index contributed by atoms with van der Waals surface area (Å²) in [6.45, 7) is 8.47. The SMILES string of the molecule is CCC1CCN(C(=O)[C@H](Nc2ccc(Cl)cc2C(C)C)C2CCCCC2)CC1. The van der Waals surface area contributed by atoms with Crippen LogP contribution >= 0.6 is 11.6 Å². The average Bonchev–Trinajstić information content (AvgIpc) is 2.73. The number of anilines is 1. The largest absolute Gasteiger partial charge is 0.373 e. The molecule has 1 saturated heterocycles. The van der Waals surface area contributed by atoms with Crippen LogP contribution in [-0.2, 0) is 4.79 Å². The molecule has 0 unspecified atom stereocenters. The molecule has 1 aliphatic heterocycles. The van der Waals surface area contributed by atoms with Crippen molar-refractivity contribution < 1.29 is 4.79 Å². The van der Waals surface area contributed by atoms with Crippen LogP contribution in [-0.4, -0.2) is 29.9 Å². The average molecular weight is 405 g/mol. The van der Waals surface area contributed by atoms with Gasteiger partial charge in [0.1, 0.15) is 6.04 Å². The van der Waals surface area contributed by atoms with E-state index < -0.39 is 0 Å². The Morgan fingerprint density at radius 3 is 2.43 bits per heavy atom. The number of carbonyl (C=O) groups excluding carboxylic acids is 1. The summed E-state index contributed by atoms with van der Waals surface area (Å²) in [4.78, 5) is 15.7. The third-order valence-corrected chi connectivity index (χ3v) is 7.07. The molecule has 4 heteroatoms. The molecule has 2 fully saturated rings. The maximum absolute atomic E-state index is 13.6. The van der Waals surface area contributed by atoms with Crippen molar-refractivity contribution in [1.29, 1.82) is 0 Å². The van der Waals surface area contributed by atoms with E-state index in [0.717, 1.165) is 55.4 Å². The van der Waals surface area contributed by atoms with Crippen LogP contribution in [0.15, 0.2) is 18.2 Å². The number of carbonyl (C=O) groups is 1. The highest BCUT2D eigenvalue weighted by Crippen LogP contribution is 2.33. The summed E-state index contributed by atoms with van der Waals surface area (Å²) < 4.78 is 0. The predicted octanol–water partition coefficient (Wildman–Crippen LogP) is 6.47. The summed E-state index contributed by atoms with van der Waals surface area (Å²) in [5.74, 6) is 1.89. The number of likely N-dealkylation sites (tertiary alicyclic amines) is 1. The highest BCUT2D eigenvalue weighted by Gasteiger charge is 2.34. The normalized spacial score (nSPS) is 20.4. The molecule has 0 radical (unpaired) electrons. The minimum atomic E-state index is -0.114. The Kier molecular flexibility index (Phi) is 7.68. The number of benzene rings is 1. The van der Waals surface area contributed by atoms with Gasteiger partial charge in [-0.15, -0.1) is 0 Å². The van der Waals surface area contributed by atoms with E-state index >= 15 is 0 Å². The van der Waals surface area contributed by atoms with Crippen molar-refractivity contribution in [1.82, 2.24) is 4.90 Å². The lowest BCUT2D eigenvalue weighted by Gasteiger charge is -2.38. The van der Waals surface area contributed by atoms with Gasteiger partial charge in [-0.1, -0.05) is 58.1 Å². The van der Waals surface area contributed by atoms with Gasteiger partial charge >= 0.3 is 0 Å². The molecular formula is C24H37ClN2O. The van der Waals surface area contributed by atoms with Crippen molar-refractivity contribution in [3.05, 3.63) is 28.8 Å². The Morgan fingerprint density at radius 2 is 1.82 bits per heavy atom. The summed E-state index contributed by atoms with van der Waals surface area (Å²) in [6.07, 6.45) is 9.62. The number of piperidine rings is 1. The molecule has 1 heterocycles. The lowest BCUT2D eigenvalue weighted by atomic mass is 9.82. The van der Waals surface area contributed by atoms with Gasteiger partial charge in [0.05, 0.1) is 0 Å². The van der Waals surface area contributed by atoms with Gasteiger partial charge in [0.25, 0.3) is 0 Å². The number of rotatable bonds is 6. The Hall–Kier alpha value is -1.22. The minimum absolute atomic E-state index is 0.114. The first-order valence-corrected chi connectivity index (χ1v) is 11.7. The second kappa shape index (κ2) is 10.0. The minimum Gasteiger partial charge on any atom is -0.373 e. The molecule has 1 amide bonds. The monoisotopic (exact) mass is 404 g/mol. The second-order valence-electron chi connectivity index (χ2n) is 9.08. The fourth-order valence-corrected chi connectivity index (χ4v) is 5.10. The van der Waals surface area contributed by atoms with Gasteiger partial charge in [0.2, 0.25) is 5.91 Å². The van der Waals surface area contributed by atoms with E-state index in [-0.39, 0.29) is 6.04 Å². The molecule has 1 atom stereocenters. The summed E-state index contributed by atoms with van der Waals surface area (Å²) in [7, 11) is 0. The van der Waals surface area contributed by atoms with Crippen molar-refractivity contribution >= 4 is 23.2 Å². The zero-order valence-electron chi connectivity index (χ0n) is 17.8. The van der Waals surface area contributed by atoms with Crippen LogP contribution in [0.2, 0.25) is 5.02 Å². The number of amides is 1. The Bertz CT molecular complexity index is 646. The molecule has 1 aliphatic carbocycles. The molecule has 3 rings (SSSR count). The number of halogens is 1. The lowest BCUT2D eigenvalue weighted by molar-refractivity contribution is -0.134. The van der Waals surface area contributed by atoms with Crippen LogP contribution in [0.3, 0.4) is 0 Å². The molecule has 28 heavy (non-hydrogen) atoms. The van der Waals surface area contributed by atoms with Crippen molar-refractivity contribution in [3.8, 4) is 0 Å². The van der Waals surface area contributed by atoms with Gasteiger partial charge in [-0.05, 0) is 67.2 Å². The Balaban J connectivity index is 1.81. The molecular weight excluding hydrogens is 368 g/mol. The van der Waals surface area contributed by atoms with Gasteiger partial charge in [0.15, 0.2) is 0 Å². The standard InChI is InChI=1S/C24H37ClN2O/c1-4-18-12-14-27(15-13-18)24(28)23(19-8-6-5-7-9-19)26-22-11-10-20(25)16-21(22)17(2)3/h10-11,16-19,23,26H,4-9,12-15H2,1-3H3/t23-/m1/s1. The van der Waals surface area contributed by atoms with Gasteiger partial charge in [-0.25, -0.2) is 0 Å². The molecule has 0 bridgehead atoms. The van der Waals surface area contributed by atoms with Gasteiger partial charge in [-0.3, -0.25) is 4.79 Å². The van der Waals surface area contributed by atoms with E-state index in [9.17, 15) is 4.79 Å². The van der Waals surface area contributed by atoms with Crippen molar-refractivity contribution in [3.63, 3.8) is 0 Å². The van der Waals surface area contributed by atoms with Gasteiger partial charge < -0.3 is 10.2 Å². The van der Waals surface area contributed by atoms with Crippen molar-refractivity contribution in [2.24, 2.45) is 11.8 Å². The van der Waals surface area contributed by atoms with E-state index in [4.69, 9.17) is 11.6 Å². The molecule has 3 nitrogen and oxygen atoms in total. The first kappa shape index (κ1) is 21.5. The first-order valence-electron chi connectivity index (χ1n) is 11.3. The van der Waals surface area contributed by atoms with Gasteiger partial charge in [-0.2, -0.15) is 0 Å². The summed E-state index contributed by atoms with van der Waals surface area (Å²) >= 11 is 6.25. The topological polar surface area (TPSA) is 32.3 Å². The fourth-order valence-electron chi connectivity index (χ4n) is 4.92. The lowest BCUT2D eigenvalue weighted by Crippen LogP contribution is -2.50. The van der Waals surface area contributed by atoms with Crippen LogP contribution in [0.25, 0.3) is 0 Å². The van der Waals surface area contributed by atoms with Gasteiger partial charge in [0, 0.05) is 23.8 Å².